The molecule has 31 heavy (non-hydrogen) atoms. The standard InChI is InChI=1S/C22H21N5O4/c1-26-21(30)24-18(25-26)19(28)27-11-10-22(15-8-3-4-9-16(15)23-20(22)29)17(27)13-6-5-7-14(12-13)31-2/h3-9,12,17H,10-11H2,1-2H3,(H,23,29)(H,24,25,30)/t17-,22+/m0/s1. The molecular formula is C22H21N5O4. The molecule has 158 valence electrons. The van der Waals surface area contributed by atoms with Crippen LogP contribution in [0.15, 0.2) is 53.3 Å². The van der Waals surface area contributed by atoms with Gasteiger partial charge in [-0.15, -0.1) is 5.10 Å². The van der Waals surface area contributed by atoms with Crippen LogP contribution in [0.1, 0.15) is 34.2 Å². The van der Waals surface area contributed by atoms with Gasteiger partial charge in [0.15, 0.2) is 0 Å². The fourth-order valence-electron chi connectivity index (χ4n) is 4.82. The lowest BCUT2D eigenvalue weighted by molar-refractivity contribution is -0.121. The quantitative estimate of drug-likeness (QED) is 0.670. The molecule has 3 aromatic rings. The Kier molecular flexibility index (Phi) is 4.21. The Morgan fingerprint density at radius 3 is 2.74 bits per heavy atom. The Balaban J connectivity index is 1.69. The number of hydrogen-bond donors (Lipinski definition) is 2. The summed E-state index contributed by atoms with van der Waals surface area (Å²) in [6.45, 7) is 0.334. The molecule has 2 aliphatic rings. The number of aryl methyl sites for hydroxylation is 1. The number of para-hydroxylation sites is 1. The molecular weight excluding hydrogens is 398 g/mol. The summed E-state index contributed by atoms with van der Waals surface area (Å²) in [6.07, 6.45) is 0.445. The van der Waals surface area contributed by atoms with Gasteiger partial charge in [0, 0.05) is 19.3 Å². The molecule has 2 amide bonds. The Hall–Kier alpha value is -3.88. The average molecular weight is 419 g/mol. The van der Waals surface area contributed by atoms with Crippen molar-refractivity contribution in [2.45, 2.75) is 17.9 Å². The minimum absolute atomic E-state index is 0.0517. The topological polar surface area (TPSA) is 109 Å². The molecule has 2 N–H and O–H groups in total. The second kappa shape index (κ2) is 6.83. The van der Waals surface area contributed by atoms with E-state index in [-0.39, 0.29) is 11.7 Å². The van der Waals surface area contributed by atoms with Gasteiger partial charge in [-0.3, -0.25) is 14.6 Å². The number of anilines is 1. The summed E-state index contributed by atoms with van der Waals surface area (Å²) < 4.78 is 6.47. The summed E-state index contributed by atoms with van der Waals surface area (Å²) in [5.74, 6) is -0.0000658. The number of rotatable bonds is 3. The first kappa shape index (κ1) is 19.1. The minimum atomic E-state index is -0.951. The highest BCUT2D eigenvalue weighted by Crippen LogP contribution is 2.55. The zero-order chi connectivity index (χ0) is 21.8. The van der Waals surface area contributed by atoms with E-state index in [4.69, 9.17) is 4.74 Å². The van der Waals surface area contributed by atoms with Gasteiger partial charge in [0.2, 0.25) is 11.7 Å². The molecule has 2 aliphatic heterocycles. The van der Waals surface area contributed by atoms with Crippen molar-refractivity contribution in [2.24, 2.45) is 7.05 Å². The molecule has 9 nitrogen and oxygen atoms in total. The second-order valence-electron chi connectivity index (χ2n) is 7.80. The van der Waals surface area contributed by atoms with E-state index in [0.717, 1.165) is 21.5 Å². The number of ether oxygens (including phenoxy) is 1. The third-order valence-electron chi connectivity index (χ3n) is 6.23. The number of H-pyrrole nitrogens is 1. The molecule has 1 aromatic heterocycles. The molecule has 1 spiro atoms. The molecule has 0 radical (unpaired) electrons. The number of carbonyl (C=O) groups is 2. The molecule has 2 aromatic carbocycles. The largest absolute Gasteiger partial charge is 0.497 e. The smallest absolute Gasteiger partial charge is 0.343 e. The molecule has 0 saturated carbocycles. The van der Waals surface area contributed by atoms with Crippen molar-refractivity contribution in [3.8, 4) is 5.75 Å². The molecule has 0 bridgehead atoms. The third kappa shape index (κ3) is 2.69. The Bertz CT molecular complexity index is 1260. The van der Waals surface area contributed by atoms with Crippen LogP contribution in [0.2, 0.25) is 0 Å². The lowest BCUT2D eigenvalue weighted by Gasteiger charge is -2.34. The number of aromatic nitrogens is 3. The van der Waals surface area contributed by atoms with Crippen LogP contribution < -0.4 is 15.7 Å². The molecule has 0 aliphatic carbocycles. The molecule has 1 saturated heterocycles. The maximum Gasteiger partial charge on any atom is 0.343 e. The summed E-state index contributed by atoms with van der Waals surface area (Å²) in [5.41, 5.74) is 0.960. The number of likely N-dealkylation sites (tertiary alicyclic amines) is 1. The molecule has 5 rings (SSSR count). The maximum absolute atomic E-state index is 13.4. The molecule has 0 unspecified atom stereocenters. The number of amides is 2. The highest BCUT2D eigenvalue weighted by atomic mass is 16.5. The number of nitrogens with one attached hydrogen (secondary N) is 2. The fourth-order valence-corrected chi connectivity index (χ4v) is 4.82. The monoisotopic (exact) mass is 419 g/mol. The number of carbonyl (C=O) groups excluding carboxylic acids is 2. The van der Waals surface area contributed by atoms with E-state index < -0.39 is 23.1 Å². The number of hydrogen-bond acceptors (Lipinski definition) is 5. The summed E-state index contributed by atoms with van der Waals surface area (Å²) in [6, 6.07) is 14.3. The van der Waals surface area contributed by atoms with Gasteiger partial charge in [0.05, 0.1) is 13.2 Å². The van der Waals surface area contributed by atoms with Crippen LogP contribution in [0, 0.1) is 0 Å². The lowest BCUT2D eigenvalue weighted by Crippen LogP contribution is -2.43. The van der Waals surface area contributed by atoms with Gasteiger partial charge in [-0.05, 0) is 35.7 Å². The van der Waals surface area contributed by atoms with Crippen molar-refractivity contribution < 1.29 is 14.3 Å². The van der Waals surface area contributed by atoms with Gasteiger partial charge in [0.25, 0.3) is 5.91 Å². The van der Waals surface area contributed by atoms with Crippen molar-refractivity contribution in [3.05, 3.63) is 76.0 Å². The van der Waals surface area contributed by atoms with E-state index >= 15 is 0 Å². The van der Waals surface area contributed by atoms with E-state index in [9.17, 15) is 14.4 Å². The van der Waals surface area contributed by atoms with Crippen LogP contribution in [0.5, 0.6) is 5.75 Å². The zero-order valence-electron chi connectivity index (χ0n) is 17.1. The zero-order valence-corrected chi connectivity index (χ0v) is 17.1. The summed E-state index contributed by atoms with van der Waals surface area (Å²) in [4.78, 5) is 42.8. The lowest BCUT2D eigenvalue weighted by atomic mass is 9.72. The number of methoxy groups -OCH3 is 1. The van der Waals surface area contributed by atoms with E-state index in [1.54, 1.807) is 12.0 Å². The van der Waals surface area contributed by atoms with Crippen molar-refractivity contribution in [3.63, 3.8) is 0 Å². The summed E-state index contributed by atoms with van der Waals surface area (Å²) in [7, 11) is 3.05. The van der Waals surface area contributed by atoms with Crippen LogP contribution >= 0.6 is 0 Å². The van der Waals surface area contributed by atoms with Gasteiger partial charge >= 0.3 is 5.69 Å². The average Bonchev–Trinajstić information content (AvgIpc) is 3.43. The van der Waals surface area contributed by atoms with Gasteiger partial charge in [-0.25, -0.2) is 9.48 Å². The Morgan fingerprint density at radius 2 is 2.00 bits per heavy atom. The molecule has 2 atom stereocenters. The van der Waals surface area contributed by atoms with E-state index in [1.165, 1.54) is 7.05 Å². The van der Waals surface area contributed by atoms with E-state index in [2.05, 4.69) is 15.4 Å². The van der Waals surface area contributed by atoms with Gasteiger partial charge < -0.3 is 15.0 Å². The fraction of sp³-hybridized carbons (Fsp3) is 0.273. The van der Waals surface area contributed by atoms with Crippen molar-refractivity contribution >= 4 is 17.5 Å². The normalized spacial score (nSPS) is 21.9. The SMILES string of the molecule is COc1cccc([C@@H]2N(C(=O)c3nn(C)c(=O)[nH]3)CC[C@]23C(=O)Nc2ccccc23)c1. The van der Waals surface area contributed by atoms with Crippen LogP contribution in [0.3, 0.4) is 0 Å². The maximum atomic E-state index is 13.4. The van der Waals surface area contributed by atoms with Gasteiger partial charge in [-0.1, -0.05) is 30.3 Å². The minimum Gasteiger partial charge on any atom is -0.497 e. The second-order valence-corrected chi connectivity index (χ2v) is 7.80. The van der Waals surface area contributed by atoms with Crippen LogP contribution in [-0.4, -0.2) is 45.1 Å². The summed E-state index contributed by atoms with van der Waals surface area (Å²) in [5, 5.41) is 7.01. The van der Waals surface area contributed by atoms with Gasteiger partial charge in [-0.2, -0.15) is 0 Å². The number of nitrogens with zero attached hydrogens (tertiary/aromatic N) is 3. The van der Waals surface area contributed by atoms with Crippen molar-refractivity contribution in [2.75, 3.05) is 19.0 Å². The first-order chi connectivity index (χ1) is 15.0. The van der Waals surface area contributed by atoms with Gasteiger partial charge in [0.1, 0.15) is 11.2 Å². The first-order valence-electron chi connectivity index (χ1n) is 9.95. The first-order valence-corrected chi connectivity index (χ1v) is 9.95. The van der Waals surface area contributed by atoms with Crippen molar-refractivity contribution in [1.82, 2.24) is 19.7 Å². The predicted octanol–water partition coefficient (Wildman–Crippen LogP) is 1.59. The summed E-state index contributed by atoms with van der Waals surface area (Å²) >= 11 is 0. The number of benzene rings is 2. The Labute approximate surface area is 177 Å². The van der Waals surface area contributed by atoms with E-state index in [1.807, 2.05) is 48.5 Å². The van der Waals surface area contributed by atoms with Crippen LogP contribution in [-0.2, 0) is 17.3 Å². The molecule has 1 fully saturated rings. The molecule has 3 heterocycles. The van der Waals surface area contributed by atoms with Crippen LogP contribution in [0.25, 0.3) is 0 Å². The number of fused-ring (bicyclic) bond motifs is 2. The van der Waals surface area contributed by atoms with E-state index in [0.29, 0.717) is 18.7 Å². The predicted molar refractivity (Wildman–Crippen MR) is 112 cm³/mol. The number of aromatic amines is 1. The highest BCUT2D eigenvalue weighted by molar-refractivity contribution is 6.08. The highest BCUT2D eigenvalue weighted by Gasteiger charge is 2.59. The van der Waals surface area contributed by atoms with Crippen molar-refractivity contribution in [1.29, 1.82) is 0 Å². The van der Waals surface area contributed by atoms with Crippen LogP contribution in [0.4, 0.5) is 5.69 Å². The third-order valence-corrected chi connectivity index (χ3v) is 6.23. The molecule has 9 heteroatoms. The Morgan fingerprint density at radius 1 is 1.19 bits per heavy atom.